The number of thiophene rings is 1. The molecular weight excluding hydrogens is 192 g/mol. The molecule has 0 radical (unpaired) electrons. The van der Waals surface area contributed by atoms with E-state index in [2.05, 4.69) is 31.3 Å². The second-order valence-electron chi connectivity index (χ2n) is 3.71. The summed E-state index contributed by atoms with van der Waals surface area (Å²) in [4.78, 5) is 2.87. The molecule has 1 atom stereocenters. The van der Waals surface area contributed by atoms with Gasteiger partial charge >= 0.3 is 0 Å². The van der Waals surface area contributed by atoms with Gasteiger partial charge < -0.3 is 11.1 Å². The van der Waals surface area contributed by atoms with E-state index >= 15 is 0 Å². The maximum atomic E-state index is 5.43. The Hall–Kier alpha value is -0.380. The number of rotatable bonds is 6. The van der Waals surface area contributed by atoms with Crippen molar-refractivity contribution in [2.24, 2.45) is 5.73 Å². The summed E-state index contributed by atoms with van der Waals surface area (Å²) in [7, 11) is 0. The van der Waals surface area contributed by atoms with E-state index in [1.54, 1.807) is 0 Å². The Balaban J connectivity index is 2.23. The largest absolute Gasteiger partial charge is 0.330 e. The summed E-state index contributed by atoms with van der Waals surface area (Å²) in [6.45, 7) is 6.19. The predicted octanol–water partition coefficient (Wildman–Crippen LogP) is 1.93. The Morgan fingerprint density at radius 1 is 1.50 bits per heavy atom. The molecule has 0 aromatic carbocycles. The number of nitrogens with two attached hydrogens (primary N) is 1. The first-order valence-corrected chi connectivity index (χ1v) is 6.03. The third-order valence-corrected chi connectivity index (χ3v) is 3.20. The number of nitrogens with one attached hydrogen (secondary N) is 1. The van der Waals surface area contributed by atoms with Crippen LogP contribution in [0.5, 0.6) is 0 Å². The van der Waals surface area contributed by atoms with E-state index in [4.69, 9.17) is 5.73 Å². The highest BCUT2D eigenvalue weighted by atomic mass is 32.1. The van der Waals surface area contributed by atoms with Gasteiger partial charge in [0.25, 0.3) is 0 Å². The highest BCUT2D eigenvalue weighted by Gasteiger charge is 2.03. The molecule has 1 unspecified atom stereocenters. The van der Waals surface area contributed by atoms with Crippen LogP contribution < -0.4 is 11.1 Å². The first-order chi connectivity index (χ1) is 6.72. The SMILES string of the molecule is Cc1ccc(CC(C)NCCCN)s1. The van der Waals surface area contributed by atoms with Crippen LogP contribution in [0.3, 0.4) is 0 Å². The van der Waals surface area contributed by atoms with E-state index in [0.29, 0.717) is 6.04 Å². The molecule has 0 aliphatic carbocycles. The van der Waals surface area contributed by atoms with Gasteiger partial charge in [-0.3, -0.25) is 0 Å². The lowest BCUT2D eigenvalue weighted by Crippen LogP contribution is -2.29. The second kappa shape index (κ2) is 6.17. The van der Waals surface area contributed by atoms with Gasteiger partial charge in [0.05, 0.1) is 0 Å². The average molecular weight is 212 g/mol. The van der Waals surface area contributed by atoms with Crippen LogP contribution in [0.4, 0.5) is 0 Å². The van der Waals surface area contributed by atoms with E-state index in [9.17, 15) is 0 Å². The average Bonchev–Trinajstić information content (AvgIpc) is 2.52. The monoisotopic (exact) mass is 212 g/mol. The van der Waals surface area contributed by atoms with Crippen LogP contribution in [0.25, 0.3) is 0 Å². The Bertz CT molecular complexity index is 258. The Labute approximate surface area is 90.5 Å². The van der Waals surface area contributed by atoms with Crippen LogP contribution in [-0.4, -0.2) is 19.1 Å². The van der Waals surface area contributed by atoms with Gasteiger partial charge in [0, 0.05) is 15.8 Å². The third kappa shape index (κ3) is 4.22. The summed E-state index contributed by atoms with van der Waals surface area (Å²) in [5.74, 6) is 0. The fourth-order valence-electron chi connectivity index (χ4n) is 1.42. The van der Waals surface area contributed by atoms with Gasteiger partial charge in [0.15, 0.2) is 0 Å². The van der Waals surface area contributed by atoms with E-state index in [1.165, 1.54) is 9.75 Å². The van der Waals surface area contributed by atoms with Crippen LogP contribution in [-0.2, 0) is 6.42 Å². The van der Waals surface area contributed by atoms with Gasteiger partial charge in [-0.25, -0.2) is 0 Å². The quantitative estimate of drug-likeness (QED) is 0.707. The lowest BCUT2D eigenvalue weighted by Gasteiger charge is -2.11. The maximum Gasteiger partial charge on any atom is 0.00870 e. The van der Waals surface area contributed by atoms with Crippen LogP contribution in [0, 0.1) is 6.92 Å². The molecular formula is C11H20N2S. The molecule has 0 aliphatic heterocycles. The number of hydrogen-bond acceptors (Lipinski definition) is 3. The summed E-state index contributed by atoms with van der Waals surface area (Å²) in [6, 6.07) is 4.97. The summed E-state index contributed by atoms with van der Waals surface area (Å²) in [5, 5.41) is 3.47. The highest BCUT2D eigenvalue weighted by molar-refractivity contribution is 7.11. The molecule has 0 bridgehead atoms. The zero-order valence-corrected chi connectivity index (χ0v) is 9.86. The molecule has 0 saturated heterocycles. The minimum Gasteiger partial charge on any atom is -0.330 e. The molecule has 0 amide bonds. The molecule has 0 fully saturated rings. The van der Waals surface area contributed by atoms with Crippen molar-refractivity contribution in [3.63, 3.8) is 0 Å². The molecule has 80 valence electrons. The van der Waals surface area contributed by atoms with Crippen molar-refractivity contribution in [3.05, 3.63) is 21.9 Å². The van der Waals surface area contributed by atoms with E-state index in [0.717, 1.165) is 25.9 Å². The van der Waals surface area contributed by atoms with Crippen molar-refractivity contribution in [3.8, 4) is 0 Å². The Kier molecular flexibility index (Phi) is 5.15. The summed E-state index contributed by atoms with van der Waals surface area (Å²) in [6.07, 6.45) is 2.19. The summed E-state index contributed by atoms with van der Waals surface area (Å²) in [5.41, 5.74) is 5.43. The number of hydrogen-bond donors (Lipinski definition) is 2. The van der Waals surface area contributed by atoms with Crippen molar-refractivity contribution in [1.82, 2.24) is 5.32 Å². The van der Waals surface area contributed by atoms with Gasteiger partial charge in [0.1, 0.15) is 0 Å². The van der Waals surface area contributed by atoms with Crippen LogP contribution in [0.2, 0.25) is 0 Å². The first kappa shape index (κ1) is 11.7. The van der Waals surface area contributed by atoms with Gasteiger partial charge in [-0.15, -0.1) is 11.3 Å². The van der Waals surface area contributed by atoms with Crippen molar-refractivity contribution in [2.75, 3.05) is 13.1 Å². The molecule has 1 heterocycles. The fourth-order valence-corrected chi connectivity index (χ4v) is 2.44. The van der Waals surface area contributed by atoms with Crippen molar-refractivity contribution < 1.29 is 0 Å². The number of aryl methyl sites for hydroxylation is 1. The van der Waals surface area contributed by atoms with Crippen LogP contribution in [0.1, 0.15) is 23.1 Å². The van der Waals surface area contributed by atoms with Crippen molar-refractivity contribution >= 4 is 11.3 Å². The van der Waals surface area contributed by atoms with E-state index < -0.39 is 0 Å². The molecule has 3 heteroatoms. The maximum absolute atomic E-state index is 5.43. The molecule has 0 saturated carbocycles. The third-order valence-electron chi connectivity index (χ3n) is 2.18. The van der Waals surface area contributed by atoms with Gasteiger partial charge in [-0.1, -0.05) is 0 Å². The summed E-state index contributed by atoms with van der Waals surface area (Å²) < 4.78 is 0. The molecule has 14 heavy (non-hydrogen) atoms. The molecule has 1 aromatic rings. The Morgan fingerprint density at radius 3 is 2.86 bits per heavy atom. The van der Waals surface area contributed by atoms with Gasteiger partial charge in [0.2, 0.25) is 0 Å². The highest BCUT2D eigenvalue weighted by Crippen LogP contribution is 2.16. The van der Waals surface area contributed by atoms with Crippen molar-refractivity contribution in [2.45, 2.75) is 32.7 Å². The summed E-state index contributed by atoms with van der Waals surface area (Å²) >= 11 is 1.89. The smallest absolute Gasteiger partial charge is 0.00870 e. The first-order valence-electron chi connectivity index (χ1n) is 5.21. The lowest BCUT2D eigenvalue weighted by molar-refractivity contribution is 0.539. The van der Waals surface area contributed by atoms with Crippen LogP contribution in [0.15, 0.2) is 12.1 Å². The molecule has 0 aliphatic rings. The molecule has 1 aromatic heterocycles. The van der Waals surface area contributed by atoms with E-state index in [1.807, 2.05) is 11.3 Å². The van der Waals surface area contributed by atoms with E-state index in [-0.39, 0.29) is 0 Å². The lowest BCUT2D eigenvalue weighted by atomic mass is 10.2. The molecule has 3 N–H and O–H groups in total. The topological polar surface area (TPSA) is 38.0 Å². The van der Waals surface area contributed by atoms with Crippen LogP contribution >= 0.6 is 11.3 Å². The fraction of sp³-hybridized carbons (Fsp3) is 0.636. The minimum atomic E-state index is 0.555. The Morgan fingerprint density at radius 2 is 2.29 bits per heavy atom. The van der Waals surface area contributed by atoms with Gasteiger partial charge in [-0.05, 0) is 51.9 Å². The molecule has 0 spiro atoms. The zero-order valence-electron chi connectivity index (χ0n) is 9.05. The predicted molar refractivity (Wildman–Crippen MR) is 63.9 cm³/mol. The molecule has 1 rings (SSSR count). The van der Waals surface area contributed by atoms with Crippen molar-refractivity contribution in [1.29, 1.82) is 0 Å². The van der Waals surface area contributed by atoms with Gasteiger partial charge in [-0.2, -0.15) is 0 Å². The zero-order chi connectivity index (χ0) is 10.4. The second-order valence-corrected chi connectivity index (χ2v) is 5.09. The molecule has 2 nitrogen and oxygen atoms in total. The normalized spacial score (nSPS) is 13.1. The minimum absolute atomic E-state index is 0.555. The standard InChI is InChI=1S/C11H20N2S/c1-9(13-7-3-6-12)8-11-5-4-10(2)14-11/h4-5,9,13H,3,6-8,12H2,1-2H3.